The van der Waals surface area contributed by atoms with Crippen LogP contribution in [0.4, 0.5) is 4.39 Å². The molecule has 0 saturated carbocycles. The average Bonchev–Trinajstić information content (AvgIpc) is 2.51. The predicted molar refractivity (Wildman–Crippen MR) is 91.4 cm³/mol. The van der Waals surface area contributed by atoms with Crippen LogP contribution in [-0.2, 0) is 16.8 Å². The van der Waals surface area contributed by atoms with E-state index in [1.165, 1.54) is 12.1 Å². The van der Waals surface area contributed by atoms with E-state index >= 15 is 0 Å². The van der Waals surface area contributed by atoms with Crippen molar-refractivity contribution in [1.29, 1.82) is 0 Å². The molecule has 2 N–H and O–H groups in total. The lowest BCUT2D eigenvalue weighted by molar-refractivity contribution is -0.122. The van der Waals surface area contributed by atoms with E-state index in [-0.39, 0.29) is 24.7 Å². The van der Waals surface area contributed by atoms with Crippen LogP contribution in [0.15, 0.2) is 53.0 Å². The molecule has 2 aromatic rings. The molecule has 5 heteroatoms. The first kappa shape index (κ1) is 17.6. The fourth-order valence-electron chi connectivity index (χ4n) is 2.22. The zero-order chi connectivity index (χ0) is 16.9. The molecule has 0 heterocycles. The summed E-state index contributed by atoms with van der Waals surface area (Å²) in [4.78, 5) is 11.9. The van der Waals surface area contributed by atoms with Crippen molar-refractivity contribution < 1.29 is 14.3 Å². The maximum Gasteiger partial charge on any atom is 0.220 e. The monoisotopic (exact) mass is 379 g/mol. The fourth-order valence-corrected chi connectivity index (χ4v) is 2.48. The number of aryl methyl sites for hydroxylation is 1. The van der Waals surface area contributed by atoms with Gasteiger partial charge in [0, 0.05) is 10.9 Å². The van der Waals surface area contributed by atoms with Gasteiger partial charge in [0.1, 0.15) is 11.4 Å². The van der Waals surface area contributed by atoms with Crippen LogP contribution in [0.25, 0.3) is 0 Å². The van der Waals surface area contributed by atoms with Crippen molar-refractivity contribution in [2.45, 2.75) is 25.4 Å². The highest BCUT2D eigenvalue weighted by molar-refractivity contribution is 9.10. The molecule has 2 rings (SSSR count). The Hall–Kier alpha value is -1.72. The van der Waals surface area contributed by atoms with Crippen LogP contribution in [0.5, 0.6) is 0 Å². The van der Waals surface area contributed by atoms with Crippen molar-refractivity contribution in [1.82, 2.24) is 5.32 Å². The number of rotatable bonds is 6. The highest BCUT2D eigenvalue weighted by Gasteiger charge is 2.23. The van der Waals surface area contributed by atoms with Crippen LogP contribution in [0.1, 0.15) is 24.5 Å². The molecule has 1 atom stereocenters. The summed E-state index contributed by atoms with van der Waals surface area (Å²) < 4.78 is 14.0. The van der Waals surface area contributed by atoms with Crippen molar-refractivity contribution in [2.24, 2.45) is 0 Å². The maximum absolute atomic E-state index is 13.1. The summed E-state index contributed by atoms with van der Waals surface area (Å²) in [5, 5.41) is 13.2. The quantitative estimate of drug-likeness (QED) is 0.806. The topological polar surface area (TPSA) is 49.3 Å². The highest BCUT2D eigenvalue weighted by Crippen LogP contribution is 2.21. The Morgan fingerprint density at radius 3 is 2.61 bits per heavy atom. The van der Waals surface area contributed by atoms with E-state index in [4.69, 9.17) is 0 Å². The second kappa shape index (κ2) is 7.70. The smallest absolute Gasteiger partial charge is 0.220 e. The Balaban J connectivity index is 1.84. The third kappa shape index (κ3) is 5.44. The Bertz CT molecular complexity index is 671. The number of benzene rings is 2. The van der Waals surface area contributed by atoms with E-state index < -0.39 is 5.60 Å². The van der Waals surface area contributed by atoms with Gasteiger partial charge < -0.3 is 10.4 Å². The number of hydrogen-bond donors (Lipinski definition) is 2. The van der Waals surface area contributed by atoms with Crippen LogP contribution in [-0.4, -0.2) is 17.6 Å². The number of carbonyl (C=O) groups excluding carboxylic acids is 1. The van der Waals surface area contributed by atoms with Gasteiger partial charge in [0.2, 0.25) is 5.91 Å². The largest absolute Gasteiger partial charge is 0.384 e. The summed E-state index contributed by atoms with van der Waals surface area (Å²) in [5.74, 6) is -0.479. The molecular formula is C18H19BrFNO2. The summed E-state index contributed by atoms with van der Waals surface area (Å²) >= 11 is 3.34. The number of nitrogens with one attached hydrogen (secondary N) is 1. The Morgan fingerprint density at radius 1 is 1.26 bits per heavy atom. The van der Waals surface area contributed by atoms with Crippen LogP contribution < -0.4 is 5.32 Å². The predicted octanol–water partition coefficient (Wildman–Crippen LogP) is 3.54. The van der Waals surface area contributed by atoms with Crippen molar-refractivity contribution in [3.63, 3.8) is 0 Å². The molecule has 0 saturated heterocycles. The minimum atomic E-state index is -1.14. The zero-order valence-electron chi connectivity index (χ0n) is 12.9. The van der Waals surface area contributed by atoms with Crippen molar-refractivity contribution in [3.8, 4) is 0 Å². The summed E-state index contributed by atoms with van der Waals surface area (Å²) in [6.07, 6.45) is 0.712. The van der Waals surface area contributed by atoms with E-state index in [1.807, 2.05) is 24.3 Å². The Kier molecular flexibility index (Phi) is 5.91. The van der Waals surface area contributed by atoms with Gasteiger partial charge in [-0.05, 0) is 48.7 Å². The number of aliphatic hydroxyl groups is 1. The second-order valence-corrected chi connectivity index (χ2v) is 6.60. The van der Waals surface area contributed by atoms with Gasteiger partial charge in [0.15, 0.2) is 0 Å². The van der Waals surface area contributed by atoms with Gasteiger partial charge >= 0.3 is 0 Å². The maximum atomic E-state index is 13.1. The first-order valence-corrected chi connectivity index (χ1v) is 8.16. The van der Waals surface area contributed by atoms with E-state index in [1.54, 1.807) is 19.1 Å². The zero-order valence-corrected chi connectivity index (χ0v) is 14.4. The number of amides is 1. The van der Waals surface area contributed by atoms with Gasteiger partial charge in [-0.15, -0.1) is 0 Å². The van der Waals surface area contributed by atoms with E-state index in [2.05, 4.69) is 21.2 Å². The van der Waals surface area contributed by atoms with E-state index in [0.29, 0.717) is 6.42 Å². The first-order valence-electron chi connectivity index (χ1n) is 7.36. The molecule has 23 heavy (non-hydrogen) atoms. The van der Waals surface area contributed by atoms with Gasteiger partial charge in [-0.25, -0.2) is 4.39 Å². The van der Waals surface area contributed by atoms with Gasteiger partial charge in [0.05, 0.1) is 6.54 Å². The Labute approximate surface area is 143 Å². The molecule has 0 aliphatic rings. The lowest BCUT2D eigenvalue weighted by atomic mass is 9.96. The molecule has 0 spiro atoms. The molecule has 2 aromatic carbocycles. The molecule has 3 nitrogen and oxygen atoms in total. The molecular weight excluding hydrogens is 361 g/mol. The average molecular weight is 380 g/mol. The SMILES string of the molecule is CC(O)(CNC(=O)CCc1cccc(F)c1)c1ccc(Br)cc1. The molecule has 0 fully saturated rings. The third-order valence-electron chi connectivity index (χ3n) is 3.63. The molecule has 0 aliphatic heterocycles. The second-order valence-electron chi connectivity index (χ2n) is 5.69. The van der Waals surface area contributed by atoms with Crippen LogP contribution in [0.2, 0.25) is 0 Å². The molecule has 0 bridgehead atoms. The van der Waals surface area contributed by atoms with Crippen LogP contribution in [0.3, 0.4) is 0 Å². The van der Waals surface area contributed by atoms with Gasteiger partial charge in [0.25, 0.3) is 0 Å². The lowest BCUT2D eigenvalue weighted by Gasteiger charge is -2.24. The molecule has 122 valence electrons. The van der Waals surface area contributed by atoms with Crippen molar-refractivity contribution >= 4 is 21.8 Å². The summed E-state index contributed by atoms with van der Waals surface area (Å²) in [7, 11) is 0. The molecule has 1 amide bonds. The number of halogens is 2. The number of carbonyl (C=O) groups is 1. The molecule has 0 aromatic heterocycles. The van der Waals surface area contributed by atoms with Crippen molar-refractivity contribution in [2.75, 3.05) is 6.54 Å². The lowest BCUT2D eigenvalue weighted by Crippen LogP contribution is -2.38. The van der Waals surface area contributed by atoms with Crippen molar-refractivity contribution in [3.05, 3.63) is 69.9 Å². The minimum Gasteiger partial charge on any atom is -0.384 e. The summed E-state index contributed by atoms with van der Waals surface area (Å²) in [5.41, 5.74) is 0.362. The molecule has 1 unspecified atom stereocenters. The van der Waals surface area contributed by atoms with Crippen LogP contribution in [0, 0.1) is 5.82 Å². The van der Waals surface area contributed by atoms with Crippen LogP contribution >= 0.6 is 15.9 Å². The van der Waals surface area contributed by atoms with E-state index in [0.717, 1.165) is 15.6 Å². The first-order chi connectivity index (χ1) is 10.9. The normalized spacial score (nSPS) is 13.4. The summed E-state index contributed by atoms with van der Waals surface area (Å²) in [6, 6.07) is 13.5. The standard InChI is InChI=1S/C18H19BrFNO2/c1-18(23,14-6-8-15(19)9-7-14)12-21-17(22)10-5-13-3-2-4-16(20)11-13/h2-4,6-9,11,23H,5,10,12H2,1H3,(H,21,22). The van der Waals surface area contributed by atoms with Gasteiger partial charge in [-0.3, -0.25) is 4.79 Å². The molecule has 0 aliphatic carbocycles. The van der Waals surface area contributed by atoms with Gasteiger partial charge in [-0.2, -0.15) is 0 Å². The summed E-state index contributed by atoms with van der Waals surface area (Å²) in [6.45, 7) is 1.78. The molecule has 0 radical (unpaired) electrons. The minimum absolute atomic E-state index is 0.122. The van der Waals surface area contributed by atoms with Gasteiger partial charge in [-0.1, -0.05) is 40.2 Å². The fraction of sp³-hybridized carbons (Fsp3) is 0.278. The third-order valence-corrected chi connectivity index (χ3v) is 4.15. The highest BCUT2D eigenvalue weighted by atomic mass is 79.9. The Morgan fingerprint density at radius 2 is 1.96 bits per heavy atom. The van der Waals surface area contributed by atoms with E-state index in [9.17, 15) is 14.3 Å². The number of hydrogen-bond acceptors (Lipinski definition) is 2.